The zero-order valence-corrected chi connectivity index (χ0v) is 11.7. The quantitative estimate of drug-likeness (QED) is 0.618. The first-order valence-corrected chi connectivity index (χ1v) is 6.54. The summed E-state index contributed by atoms with van der Waals surface area (Å²) in [7, 11) is 0. The van der Waals surface area contributed by atoms with Crippen molar-refractivity contribution < 1.29 is 9.48 Å². The van der Waals surface area contributed by atoms with Gasteiger partial charge < -0.3 is 10.4 Å². The van der Waals surface area contributed by atoms with E-state index in [0.29, 0.717) is 21.7 Å². The van der Waals surface area contributed by atoms with Gasteiger partial charge in [0.1, 0.15) is 11.3 Å². The van der Waals surface area contributed by atoms with Crippen LogP contribution < -0.4 is 0 Å². The van der Waals surface area contributed by atoms with E-state index in [1.165, 1.54) is 6.20 Å². The maximum absolute atomic E-state index is 12.7. The first-order valence-electron chi connectivity index (χ1n) is 6.54. The normalized spacial score (nSPS) is 17.4. The summed E-state index contributed by atoms with van der Waals surface area (Å²) < 4.78 is 1.38. The molecular formula is C15H14N4O2. The largest absolute Gasteiger partial charge is 0.618 e. The minimum Gasteiger partial charge on any atom is -0.618 e. The zero-order chi connectivity index (χ0) is 15.0. The second-order valence-corrected chi connectivity index (χ2v) is 5.28. The highest BCUT2D eigenvalue weighted by atomic mass is 16.5. The lowest BCUT2D eigenvalue weighted by molar-refractivity contribution is -0.530. The topological polar surface area (TPSA) is 77.9 Å². The van der Waals surface area contributed by atoms with Gasteiger partial charge in [0.2, 0.25) is 0 Å². The van der Waals surface area contributed by atoms with Crippen LogP contribution in [0.15, 0.2) is 48.9 Å². The number of rotatable bonds is 2. The number of hydroxylamine groups is 2. The van der Waals surface area contributed by atoms with Crippen molar-refractivity contribution >= 4 is 11.5 Å². The zero-order valence-electron chi connectivity index (χ0n) is 11.7. The molecule has 0 saturated carbocycles. The van der Waals surface area contributed by atoms with Crippen LogP contribution in [0.5, 0.6) is 0 Å². The van der Waals surface area contributed by atoms with Gasteiger partial charge in [-0.2, -0.15) is 0 Å². The molecule has 21 heavy (non-hydrogen) atoms. The van der Waals surface area contributed by atoms with E-state index in [-0.39, 0.29) is 5.84 Å². The van der Waals surface area contributed by atoms with E-state index in [0.717, 1.165) is 4.74 Å². The Morgan fingerprint density at radius 3 is 2.48 bits per heavy atom. The Bertz CT molecular complexity index is 737. The molecule has 0 aromatic carbocycles. The van der Waals surface area contributed by atoms with Crippen LogP contribution >= 0.6 is 0 Å². The molecule has 0 bridgehead atoms. The highest BCUT2D eigenvalue weighted by molar-refractivity contribution is 6.08. The molecule has 3 heterocycles. The van der Waals surface area contributed by atoms with Crippen molar-refractivity contribution in [2.24, 2.45) is 0 Å². The molecule has 0 aliphatic carbocycles. The molecule has 106 valence electrons. The van der Waals surface area contributed by atoms with Crippen molar-refractivity contribution in [3.63, 3.8) is 0 Å². The van der Waals surface area contributed by atoms with E-state index in [4.69, 9.17) is 0 Å². The van der Waals surface area contributed by atoms with E-state index in [9.17, 15) is 10.4 Å². The van der Waals surface area contributed by atoms with E-state index in [2.05, 4.69) is 9.97 Å². The lowest BCUT2D eigenvalue weighted by atomic mass is 9.96. The summed E-state index contributed by atoms with van der Waals surface area (Å²) in [5.41, 5.74) is 0.317. The predicted molar refractivity (Wildman–Crippen MR) is 78.0 cm³/mol. The Morgan fingerprint density at radius 1 is 1.05 bits per heavy atom. The lowest BCUT2D eigenvalue weighted by Gasteiger charge is -2.15. The van der Waals surface area contributed by atoms with Crippen LogP contribution in [0.4, 0.5) is 0 Å². The fourth-order valence-electron chi connectivity index (χ4n) is 2.45. The molecule has 0 radical (unpaired) electrons. The van der Waals surface area contributed by atoms with Gasteiger partial charge in [-0.05, 0) is 24.3 Å². The lowest BCUT2D eigenvalue weighted by Crippen LogP contribution is -2.40. The number of aromatic nitrogens is 2. The van der Waals surface area contributed by atoms with Crippen LogP contribution in [0.2, 0.25) is 0 Å². The van der Waals surface area contributed by atoms with Crippen LogP contribution in [0.25, 0.3) is 0 Å². The van der Waals surface area contributed by atoms with E-state index < -0.39 is 5.54 Å². The Kier molecular flexibility index (Phi) is 2.94. The second kappa shape index (κ2) is 4.66. The van der Waals surface area contributed by atoms with Crippen molar-refractivity contribution in [1.29, 1.82) is 0 Å². The van der Waals surface area contributed by atoms with Gasteiger partial charge in [0.05, 0.1) is 0 Å². The third-order valence-corrected chi connectivity index (χ3v) is 3.50. The van der Waals surface area contributed by atoms with Crippen LogP contribution in [0.1, 0.15) is 25.1 Å². The van der Waals surface area contributed by atoms with Crippen LogP contribution in [-0.4, -0.2) is 36.5 Å². The van der Waals surface area contributed by atoms with Gasteiger partial charge in [-0.25, -0.2) is 4.98 Å². The van der Waals surface area contributed by atoms with Crippen molar-refractivity contribution in [3.8, 4) is 0 Å². The van der Waals surface area contributed by atoms with Gasteiger partial charge in [0.15, 0.2) is 0 Å². The van der Waals surface area contributed by atoms with Crippen molar-refractivity contribution in [2.45, 2.75) is 19.4 Å². The number of nitrogens with zero attached hydrogens (tertiary/aromatic N) is 4. The Morgan fingerprint density at radius 2 is 1.86 bits per heavy atom. The van der Waals surface area contributed by atoms with Gasteiger partial charge in [-0.15, -0.1) is 9.48 Å². The molecule has 2 aromatic rings. The predicted octanol–water partition coefficient (Wildman–Crippen LogP) is 1.53. The molecule has 0 atom stereocenters. The maximum Gasteiger partial charge on any atom is 0.471 e. The molecule has 0 unspecified atom stereocenters. The van der Waals surface area contributed by atoms with Gasteiger partial charge in [0, 0.05) is 32.4 Å². The highest BCUT2D eigenvalue weighted by Crippen LogP contribution is 2.23. The average molecular weight is 282 g/mol. The molecule has 0 N–H and O–H groups in total. The van der Waals surface area contributed by atoms with E-state index in [1.54, 1.807) is 56.6 Å². The third kappa shape index (κ3) is 1.96. The van der Waals surface area contributed by atoms with E-state index >= 15 is 0 Å². The van der Waals surface area contributed by atoms with Gasteiger partial charge in [0.25, 0.3) is 11.3 Å². The van der Waals surface area contributed by atoms with Crippen LogP contribution in [-0.2, 0) is 0 Å². The SMILES string of the molecule is CC1(C)C(c2ccccn2)=[N+]([O-])C(c2cccnc2)=[N+]1[O-]. The molecule has 0 fully saturated rings. The Labute approximate surface area is 121 Å². The molecule has 6 heteroatoms. The number of hydrogen-bond acceptors (Lipinski definition) is 4. The molecule has 1 aliphatic heterocycles. The second-order valence-electron chi connectivity index (χ2n) is 5.28. The Hall–Kier alpha value is -2.76. The summed E-state index contributed by atoms with van der Waals surface area (Å²) in [6.07, 6.45) is 4.70. The van der Waals surface area contributed by atoms with Gasteiger partial charge in [-0.3, -0.25) is 4.98 Å². The molecule has 2 aromatic heterocycles. The van der Waals surface area contributed by atoms with Gasteiger partial charge in [-0.1, -0.05) is 6.07 Å². The molecule has 0 spiro atoms. The molecule has 1 aliphatic rings. The first kappa shape index (κ1) is 13.2. The van der Waals surface area contributed by atoms with E-state index in [1.807, 2.05) is 0 Å². The third-order valence-electron chi connectivity index (χ3n) is 3.50. The maximum atomic E-state index is 12.7. The summed E-state index contributed by atoms with van der Waals surface area (Å²) in [6, 6.07) is 8.66. The smallest absolute Gasteiger partial charge is 0.471 e. The van der Waals surface area contributed by atoms with Crippen LogP contribution in [0, 0.1) is 10.4 Å². The number of hydrogen-bond donors (Lipinski definition) is 0. The summed E-state index contributed by atoms with van der Waals surface area (Å²) in [4.78, 5) is 8.16. The fraction of sp³-hybridized carbons (Fsp3) is 0.200. The van der Waals surface area contributed by atoms with Crippen molar-refractivity contribution in [2.75, 3.05) is 0 Å². The first-order chi connectivity index (χ1) is 10.0. The fourth-order valence-corrected chi connectivity index (χ4v) is 2.45. The Balaban J connectivity index is 2.22. The standard InChI is InChI=1S/C15H14N4O2/c1-15(2)13(12-7-3-4-9-17-12)18(20)14(19(15)21)11-6-5-8-16-10-11/h3-10H,1-2H3. The summed E-state index contributed by atoms with van der Waals surface area (Å²) >= 11 is 0. The monoisotopic (exact) mass is 282 g/mol. The van der Waals surface area contributed by atoms with Crippen LogP contribution in [0.3, 0.4) is 0 Å². The minimum atomic E-state index is -0.999. The molecule has 0 saturated heterocycles. The molecule has 0 amide bonds. The summed E-state index contributed by atoms with van der Waals surface area (Å²) in [5, 5.41) is 25.2. The summed E-state index contributed by atoms with van der Waals surface area (Å²) in [5.74, 6) is 0.0359. The summed E-state index contributed by atoms with van der Waals surface area (Å²) in [6.45, 7) is 3.41. The van der Waals surface area contributed by atoms with Crippen molar-refractivity contribution in [3.05, 3.63) is 70.6 Å². The number of pyridine rings is 2. The van der Waals surface area contributed by atoms with Crippen molar-refractivity contribution in [1.82, 2.24) is 9.97 Å². The van der Waals surface area contributed by atoms with Gasteiger partial charge >= 0.3 is 5.84 Å². The minimum absolute atomic E-state index is 0.0359. The highest BCUT2D eigenvalue weighted by Gasteiger charge is 2.53. The molecule has 6 nitrogen and oxygen atoms in total. The average Bonchev–Trinajstić information content (AvgIpc) is 2.67. The molecular weight excluding hydrogens is 268 g/mol. The number of amidine groups is 1. The molecule has 3 rings (SSSR count).